The molecule has 0 bridgehead atoms. The topological polar surface area (TPSA) is 38.3 Å². The van der Waals surface area contributed by atoms with Gasteiger partial charge in [0.2, 0.25) is 5.91 Å². The molecule has 0 aromatic heterocycles. The molecule has 2 aliphatic carbocycles. The van der Waals surface area contributed by atoms with Crippen LogP contribution in [0.1, 0.15) is 56.4 Å². The van der Waals surface area contributed by atoms with Crippen LogP contribution in [-0.2, 0) is 9.53 Å². The zero-order chi connectivity index (χ0) is 15.9. The molecule has 0 heterocycles. The molecule has 0 aliphatic heterocycles. The molecule has 3 heteroatoms. The van der Waals surface area contributed by atoms with E-state index in [0.29, 0.717) is 31.4 Å². The van der Waals surface area contributed by atoms with E-state index in [1.54, 1.807) is 0 Å². The van der Waals surface area contributed by atoms with E-state index in [4.69, 9.17) is 4.74 Å². The van der Waals surface area contributed by atoms with E-state index >= 15 is 0 Å². The van der Waals surface area contributed by atoms with Crippen LogP contribution in [0.25, 0.3) is 0 Å². The van der Waals surface area contributed by atoms with Crippen LogP contribution in [0.3, 0.4) is 0 Å². The van der Waals surface area contributed by atoms with Crippen molar-refractivity contribution in [2.45, 2.75) is 50.9 Å². The average Bonchev–Trinajstić information content (AvgIpc) is 3.40. The van der Waals surface area contributed by atoms with E-state index in [1.807, 2.05) is 0 Å². The SMILES string of the molecule is O=C(CC1CCC(c2ccccc2)CC1)NCCOCC1CC1. The fourth-order valence-electron chi connectivity index (χ4n) is 3.56. The fraction of sp³-hybridized carbons (Fsp3) is 0.650. The van der Waals surface area contributed by atoms with E-state index in [1.165, 1.54) is 44.1 Å². The summed E-state index contributed by atoms with van der Waals surface area (Å²) in [7, 11) is 0. The molecule has 0 unspecified atom stereocenters. The Bertz CT molecular complexity index is 476. The van der Waals surface area contributed by atoms with Crippen LogP contribution < -0.4 is 5.32 Å². The number of nitrogens with one attached hydrogen (secondary N) is 1. The quantitative estimate of drug-likeness (QED) is 0.739. The maximum Gasteiger partial charge on any atom is 0.220 e. The molecule has 0 saturated heterocycles. The van der Waals surface area contributed by atoms with Gasteiger partial charge in [-0.3, -0.25) is 4.79 Å². The van der Waals surface area contributed by atoms with Gasteiger partial charge in [0, 0.05) is 19.6 Å². The molecule has 126 valence electrons. The predicted octanol–water partition coefficient (Wildman–Crippen LogP) is 3.89. The van der Waals surface area contributed by atoms with Crippen molar-refractivity contribution in [2.24, 2.45) is 11.8 Å². The zero-order valence-electron chi connectivity index (χ0n) is 14.0. The smallest absolute Gasteiger partial charge is 0.220 e. The van der Waals surface area contributed by atoms with Crippen molar-refractivity contribution < 1.29 is 9.53 Å². The van der Waals surface area contributed by atoms with Gasteiger partial charge >= 0.3 is 0 Å². The minimum Gasteiger partial charge on any atom is -0.379 e. The summed E-state index contributed by atoms with van der Waals surface area (Å²) in [6.45, 7) is 2.19. The predicted molar refractivity (Wildman–Crippen MR) is 92.3 cm³/mol. The van der Waals surface area contributed by atoms with Gasteiger partial charge in [0.05, 0.1) is 6.61 Å². The van der Waals surface area contributed by atoms with Crippen LogP contribution in [0, 0.1) is 11.8 Å². The van der Waals surface area contributed by atoms with Gasteiger partial charge in [-0.05, 0) is 61.8 Å². The third kappa shape index (κ3) is 5.65. The highest BCUT2D eigenvalue weighted by molar-refractivity contribution is 5.76. The van der Waals surface area contributed by atoms with Crippen molar-refractivity contribution in [2.75, 3.05) is 19.8 Å². The molecule has 1 aromatic rings. The number of benzene rings is 1. The van der Waals surface area contributed by atoms with Crippen molar-refractivity contribution in [3.8, 4) is 0 Å². The molecule has 0 spiro atoms. The summed E-state index contributed by atoms with van der Waals surface area (Å²) in [5, 5.41) is 3.00. The van der Waals surface area contributed by atoms with Crippen LogP contribution in [0.4, 0.5) is 0 Å². The van der Waals surface area contributed by atoms with Crippen LogP contribution in [0.15, 0.2) is 30.3 Å². The lowest BCUT2D eigenvalue weighted by Gasteiger charge is -2.28. The normalized spacial score (nSPS) is 24.3. The monoisotopic (exact) mass is 315 g/mol. The number of ether oxygens (including phenoxy) is 1. The lowest BCUT2D eigenvalue weighted by molar-refractivity contribution is -0.122. The largest absolute Gasteiger partial charge is 0.379 e. The minimum absolute atomic E-state index is 0.197. The van der Waals surface area contributed by atoms with Gasteiger partial charge in [-0.2, -0.15) is 0 Å². The molecule has 2 saturated carbocycles. The number of amides is 1. The fourth-order valence-corrected chi connectivity index (χ4v) is 3.56. The molecule has 1 N–H and O–H groups in total. The summed E-state index contributed by atoms with van der Waals surface area (Å²) in [4.78, 5) is 12.0. The van der Waals surface area contributed by atoms with E-state index in [0.717, 1.165) is 12.5 Å². The maximum absolute atomic E-state index is 12.0. The Morgan fingerprint density at radius 2 is 1.70 bits per heavy atom. The summed E-state index contributed by atoms with van der Waals surface area (Å²) in [5.41, 5.74) is 1.46. The molecule has 1 aromatic carbocycles. The van der Waals surface area contributed by atoms with Crippen molar-refractivity contribution in [1.29, 1.82) is 0 Å². The molecule has 3 rings (SSSR count). The molecular formula is C20H29NO2. The highest BCUT2D eigenvalue weighted by Crippen LogP contribution is 2.36. The Hall–Kier alpha value is -1.35. The lowest BCUT2D eigenvalue weighted by Crippen LogP contribution is -2.30. The summed E-state index contributed by atoms with van der Waals surface area (Å²) in [6.07, 6.45) is 8.09. The first-order chi connectivity index (χ1) is 11.3. The molecule has 0 radical (unpaired) electrons. The van der Waals surface area contributed by atoms with Crippen molar-refractivity contribution >= 4 is 5.91 Å². The standard InChI is InChI=1S/C20H29NO2/c22-20(21-12-13-23-15-17-6-7-17)14-16-8-10-19(11-9-16)18-4-2-1-3-5-18/h1-5,16-17,19H,6-15H2,(H,21,22). The van der Waals surface area contributed by atoms with Crippen LogP contribution in [0.5, 0.6) is 0 Å². The Labute approximate surface area is 139 Å². The second kappa shape index (κ2) is 8.49. The summed E-state index contributed by atoms with van der Waals surface area (Å²) >= 11 is 0. The van der Waals surface area contributed by atoms with Crippen LogP contribution in [0.2, 0.25) is 0 Å². The lowest BCUT2D eigenvalue weighted by atomic mass is 9.77. The highest BCUT2D eigenvalue weighted by atomic mass is 16.5. The minimum atomic E-state index is 0.197. The number of hydrogen-bond donors (Lipinski definition) is 1. The first-order valence-corrected chi connectivity index (χ1v) is 9.20. The summed E-state index contributed by atoms with van der Waals surface area (Å²) < 4.78 is 5.55. The highest BCUT2D eigenvalue weighted by Gasteiger charge is 2.24. The second-order valence-corrected chi connectivity index (χ2v) is 7.20. The van der Waals surface area contributed by atoms with Gasteiger partial charge in [0.15, 0.2) is 0 Å². The number of hydrogen-bond acceptors (Lipinski definition) is 2. The summed E-state index contributed by atoms with van der Waals surface area (Å²) in [5.74, 6) is 2.24. The van der Waals surface area contributed by atoms with Gasteiger partial charge in [0.25, 0.3) is 0 Å². The number of carbonyl (C=O) groups is 1. The van der Waals surface area contributed by atoms with Gasteiger partial charge in [0.1, 0.15) is 0 Å². The molecule has 3 nitrogen and oxygen atoms in total. The Morgan fingerprint density at radius 1 is 1.00 bits per heavy atom. The third-order valence-corrected chi connectivity index (χ3v) is 5.21. The Balaban J connectivity index is 1.28. The van der Waals surface area contributed by atoms with Gasteiger partial charge < -0.3 is 10.1 Å². The van der Waals surface area contributed by atoms with E-state index in [2.05, 4.69) is 35.6 Å². The zero-order valence-corrected chi connectivity index (χ0v) is 14.0. The van der Waals surface area contributed by atoms with Gasteiger partial charge in [-0.25, -0.2) is 0 Å². The van der Waals surface area contributed by atoms with Gasteiger partial charge in [-0.15, -0.1) is 0 Å². The number of carbonyl (C=O) groups excluding carboxylic acids is 1. The Morgan fingerprint density at radius 3 is 2.39 bits per heavy atom. The average molecular weight is 315 g/mol. The third-order valence-electron chi connectivity index (χ3n) is 5.21. The van der Waals surface area contributed by atoms with Crippen molar-refractivity contribution in [1.82, 2.24) is 5.32 Å². The van der Waals surface area contributed by atoms with E-state index in [9.17, 15) is 4.79 Å². The molecule has 1 amide bonds. The molecular weight excluding hydrogens is 286 g/mol. The van der Waals surface area contributed by atoms with Crippen molar-refractivity contribution in [3.05, 3.63) is 35.9 Å². The van der Waals surface area contributed by atoms with Crippen LogP contribution >= 0.6 is 0 Å². The first kappa shape index (κ1) is 16.5. The van der Waals surface area contributed by atoms with E-state index in [-0.39, 0.29) is 5.91 Å². The maximum atomic E-state index is 12.0. The molecule has 2 fully saturated rings. The van der Waals surface area contributed by atoms with Gasteiger partial charge in [-0.1, -0.05) is 30.3 Å². The Kier molecular flexibility index (Phi) is 6.09. The summed E-state index contributed by atoms with van der Waals surface area (Å²) in [6, 6.07) is 10.8. The molecule has 23 heavy (non-hydrogen) atoms. The van der Waals surface area contributed by atoms with E-state index < -0.39 is 0 Å². The molecule has 0 atom stereocenters. The van der Waals surface area contributed by atoms with Crippen molar-refractivity contribution in [3.63, 3.8) is 0 Å². The first-order valence-electron chi connectivity index (χ1n) is 9.20. The number of rotatable bonds is 8. The molecule has 2 aliphatic rings. The second-order valence-electron chi connectivity index (χ2n) is 7.20. The van der Waals surface area contributed by atoms with Crippen LogP contribution in [-0.4, -0.2) is 25.7 Å².